The molecule has 0 amide bonds. The minimum Gasteiger partial charge on any atom is -0.477 e. The van der Waals surface area contributed by atoms with Gasteiger partial charge in [-0.3, -0.25) is 10.1 Å². The Balaban J connectivity index is 2.51. The van der Waals surface area contributed by atoms with Crippen LogP contribution in [0, 0.1) is 10.1 Å². The molecule has 1 aromatic carbocycles. The lowest BCUT2D eigenvalue weighted by Crippen LogP contribution is -2.03. The van der Waals surface area contributed by atoms with E-state index in [0.717, 1.165) is 0 Å². The Hall–Kier alpha value is -2.48. The molecule has 1 heterocycles. The van der Waals surface area contributed by atoms with E-state index in [9.17, 15) is 14.9 Å². The molecule has 102 valence electrons. The number of nitro benzene ring substituents is 1. The molecule has 0 aliphatic carbocycles. The van der Waals surface area contributed by atoms with E-state index in [1.54, 1.807) is 6.07 Å². The van der Waals surface area contributed by atoms with Crippen LogP contribution in [0.15, 0.2) is 41.0 Å². The van der Waals surface area contributed by atoms with Crippen molar-refractivity contribution < 1.29 is 19.6 Å². The summed E-state index contributed by atoms with van der Waals surface area (Å²) in [6.45, 7) is 0. The van der Waals surface area contributed by atoms with Gasteiger partial charge in [-0.2, -0.15) is 0 Å². The SMILES string of the molecule is O=C(O)c1cccnc1Oc1c(Br)cccc1[N+](=O)[O-]. The molecular formula is C12H7BrN2O5. The van der Waals surface area contributed by atoms with Crippen LogP contribution in [0.3, 0.4) is 0 Å². The number of pyridine rings is 1. The number of benzene rings is 1. The minimum absolute atomic E-state index is 0.0984. The van der Waals surface area contributed by atoms with Crippen LogP contribution in [-0.4, -0.2) is 21.0 Å². The number of carboxylic acids is 1. The number of hydrogen-bond donors (Lipinski definition) is 1. The topological polar surface area (TPSA) is 103 Å². The smallest absolute Gasteiger partial charge is 0.341 e. The summed E-state index contributed by atoms with van der Waals surface area (Å²) in [6, 6.07) is 7.01. The number of aromatic nitrogens is 1. The molecule has 0 saturated heterocycles. The number of ether oxygens (including phenoxy) is 1. The van der Waals surface area contributed by atoms with Gasteiger partial charge >= 0.3 is 11.7 Å². The van der Waals surface area contributed by atoms with Crippen LogP contribution in [0.25, 0.3) is 0 Å². The third-order valence-corrected chi connectivity index (χ3v) is 2.97. The van der Waals surface area contributed by atoms with E-state index in [1.165, 1.54) is 30.5 Å². The summed E-state index contributed by atoms with van der Waals surface area (Å²) in [6.07, 6.45) is 1.34. The summed E-state index contributed by atoms with van der Waals surface area (Å²) < 4.78 is 5.64. The van der Waals surface area contributed by atoms with Crippen molar-refractivity contribution >= 4 is 27.6 Å². The van der Waals surface area contributed by atoms with Crippen molar-refractivity contribution in [2.45, 2.75) is 0 Å². The number of hydrogen-bond acceptors (Lipinski definition) is 5. The van der Waals surface area contributed by atoms with E-state index in [0.29, 0.717) is 4.47 Å². The Morgan fingerprint density at radius 2 is 2.10 bits per heavy atom. The molecule has 1 aromatic heterocycles. The highest BCUT2D eigenvalue weighted by molar-refractivity contribution is 9.10. The largest absolute Gasteiger partial charge is 0.477 e. The Labute approximate surface area is 121 Å². The summed E-state index contributed by atoms with van der Waals surface area (Å²) in [4.78, 5) is 25.2. The highest BCUT2D eigenvalue weighted by Gasteiger charge is 2.21. The fourth-order valence-corrected chi connectivity index (χ4v) is 1.91. The van der Waals surface area contributed by atoms with Crippen LogP contribution < -0.4 is 4.74 Å². The van der Waals surface area contributed by atoms with E-state index in [1.807, 2.05) is 0 Å². The van der Waals surface area contributed by atoms with Crippen molar-refractivity contribution in [3.8, 4) is 11.6 Å². The normalized spacial score (nSPS) is 10.1. The van der Waals surface area contributed by atoms with Crippen molar-refractivity contribution in [2.75, 3.05) is 0 Å². The van der Waals surface area contributed by atoms with E-state index < -0.39 is 10.9 Å². The molecule has 8 heteroatoms. The van der Waals surface area contributed by atoms with Gasteiger partial charge in [0.15, 0.2) is 0 Å². The second-order valence-electron chi connectivity index (χ2n) is 3.61. The molecule has 0 aliphatic heterocycles. The lowest BCUT2D eigenvalue weighted by atomic mass is 10.2. The summed E-state index contributed by atoms with van der Waals surface area (Å²) >= 11 is 3.13. The summed E-state index contributed by atoms with van der Waals surface area (Å²) in [5.74, 6) is -1.54. The van der Waals surface area contributed by atoms with Crippen LogP contribution in [-0.2, 0) is 0 Å². The molecule has 0 bridgehead atoms. The van der Waals surface area contributed by atoms with Gasteiger partial charge in [0.1, 0.15) is 5.56 Å². The molecule has 0 saturated carbocycles. The first-order chi connectivity index (χ1) is 9.50. The molecule has 0 unspecified atom stereocenters. The van der Waals surface area contributed by atoms with Gasteiger partial charge in [0.25, 0.3) is 0 Å². The van der Waals surface area contributed by atoms with Gasteiger partial charge in [-0.15, -0.1) is 0 Å². The van der Waals surface area contributed by atoms with Crippen molar-refractivity contribution in [3.05, 3.63) is 56.7 Å². The van der Waals surface area contributed by atoms with Crippen molar-refractivity contribution in [3.63, 3.8) is 0 Å². The van der Waals surface area contributed by atoms with Gasteiger partial charge in [0, 0.05) is 12.3 Å². The van der Waals surface area contributed by atoms with Gasteiger partial charge in [0.2, 0.25) is 11.6 Å². The van der Waals surface area contributed by atoms with E-state index in [4.69, 9.17) is 9.84 Å². The zero-order chi connectivity index (χ0) is 14.7. The quantitative estimate of drug-likeness (QED) is 0.678. The zero-order valence-electron chi connectivity index (χ0n) is 9.82. The van der Waals surface area contributed by atoms with Crippen LogP contribution in [0.1, 0.15) is 10.4 Å². The Kier molecular flexibility index (Phi) is 3.94. The number of carbonyl (C=O) groups is 1. The van der Waals surface area contributed by atoms with Crippen LogP contribution >= 0.6 is 15.9 Å². The Bertz CT molecular complexity index is 689. The maximum Gasteiger partial charge on any atom is 0.341 e. The number of nitro groups is 1. The first-order valence-corrected chi connectivity index (χ1v) is 6.09. The number of rotatable bonds is 4. The lowest BCUT2D eigenvalue weighted by Gasteiger charge is -2.09. The zero-order valence-corrected chi connectivity index (χ0v) is 11.4. The van der Waals surface area contributed by atoms with Gasteiger partial charge in [-0.05, 0) is 34.1 Å². The molecule has 2 aromatic rings. The first-order valence-electron chi connectivity index (χ1n) is 5.29. The van der Waals surface area contributed by atoms with Crippen molar-refractivity contribution in [1.82, 2.24) is 4.98 Å². The molecule has 0 fully saturated rings. The maximum atomic E-state index is 11.1. The van der Waals surface area contributed by atoms with Gasteiger partial charge in [0.05, 0.1) is 9.40 Å². The van der Waals surface area contributed by atoms with E-state index in [2.05, 4.69) is 20.9 Å². The highest BCUT2D eigenvalue weighted by Crippen LogP contribution is 2.38. The van der Waals surface area contributed by atoms with Gasteiger partial charge in [-0.1, -0.05) is 6.07 Å². The third-order valence-electron chi connectivity index (χ3n) is 2.34. The van der Waals surface area contributed by atoms with E-state index in [-0.39, 0.29) is 22.9 Å². The number of nitrogens with zero attached hydrogens (tertiary/aromatic N) is 2. The van der Waals surface area contributed by atoms with Crippen molar-refractivity contribution in [2.24, 2.45) is 0 Å². The number of aromatic carboxylic acids is 1. The van der Waals surface area contributed by atoms with Crippen LogP contribution in [0.5, 0.6) is 11.6 Å². The average Bonchev–Trinajstić information content (AvgIpc) is 2.41. The number of para-hydroxylation sites is 1. The predicted octanol–water partition coefficient (Wildman–Crippen LogP) is 3.24. The first kappa shape index (κ1) is 13.9. The summed E-state index contributed by atoms with van der Waals surface area (Å²) in [7, 11) is 0. The lowest BCUT2D eigenvalue weighted by molar-refractivity contribution is -0.385. The average molecular weight is 339 g/mol. The molecular weight excluding hydrogens is 332 g/mol. The van der Waals surface area contributed by atoms with Crippen molar-refractivity contribution in [1.29, 1.82) is 0 Å². The van der Waals surface area contributed by atoms with Gasteiger partial charge < -0.3 is 9.84 Å². The monoisotopic (exact) mass is 338 g/mol. The molecule has 0 spiro atoms. The Morgan fingerprint density at radius 3 is 2.75 bits per heavy atom. The molecule has 2 rings (SSSR count). The minimum atomic E-state index is -1.23. The van der Waals surface area contributed by atoms with E-state index >= 15 is 0 Å². The molecule has 7 nitrogen and oxygen atoms in total. The van der Waals surface area contributed by atoms with Crippen LogP contribution in [0.4, 0.5) is 5.69 Å². The highest BCUT2D eigenvalue weighted by atomic mass is 79.9. The molecule has 0 radical (unpaired) electrons. The molecule has 0 aliphatic rings. The molecule has 20 heavy (non-hydrogen) atoms. The molecule has 1 N–H and O–H groups in total. The Morgan fingerprint density at radius 1 is 1.35 bits per heavy atom. The second kappa shape index (κ2) is 5.66. The number of halogens is 1. The standard InChI is InChI=1S/C12H7BrN2O5/c13-8-4-1-5-9(15(18)19)10(8)20-11-7(12(16)17)3-2-6-14-11/h1-6H,(H,16,17). The van der Waals surface area contributed by atoms with Gasteiger partial charge in [-0.25, -0.2) is 9.78 Å². The third kappa shape index (κ3) is 2.75. The fourth-order valence-electron chi connectivity index (χ4n) is 1.47. The predicted molar refractivity (Wildman–Crippen MR) is 72.1 cm³/mol. The summed E-state index contributed by atoms with van der Waals surface area (Å²) in [5.41, 5.74) is -0.473. The second-order valence-corrected chi connectivity index (χ2v) is 4.46. The maximum absolute atomic E-state index is 11.1. The number of carboxylic acid groups (broad SMARTS) is 1. The molecule has 0 atom stereocenters. The summed E-state index contributed by atoms with van der Waals surface area (Å²) in [5, 5.41) is 20.0. The van der Waals surface area contributed by atoms with Crippen LogP contribution in [0.2, 0.25) is 0 Å². The fraction of sp³-hybridized carbons (Fsp3) is 0.